The highest BCUT2D eigenvalue weighted by atomic mass is 16.7. The van der Waals surface area contributed by atoms with Gasteiger partial charge in [0.05, 0.1) is 46.2 Å². The molecule has 0 amide bonds. The minimum absolute atomic E-state index is 0.0597. The van der Waals surface area contributed by atoms with Gasteiger partial charge in [-0.25, -0.2) is 0 Å². The number of unbranched alkanes of at least 4 members (excludes halogenated alkanes) is 5. The zero-order valence-electron chi connectivity index (χ0n) is 18.4. The van der Waals surface area contributed by atoms with E-state index < -0.39 is 0 Å². The molecule has 1 aliphatic heterocycles. The molecule has 1 saturated heterocycles. The van der Waals surface area contributed by atoms with Gasteiger partial charge >= 0.3 is 5.97 Å². The predicted octanol–water partition coefficient (Wildman–Crippen LogP) is 3.87. The third-order valence-electron chi connectivity index (χ3n) is 4.64. The molecule has 0 aromatic rings. The van der Waals surface area contributed by atoms with Crippen LogP contribution in [0.25, 0.3) is 0 Å². The molecular formula is C22H42O7. The van der Waals surface area contributed by atoms with E-state index in [1.54, 1.807) is 0 Å². The van der Waals surface area contributed by atoms with Gasteiger partial charge in [0, 0.05) is 13.0 Å². The molecule has 1 unspecified atom stereocenters. The van der Waals surface area contributed by atoms with Gasteiger partial charge < -0.3 is 28.4 Å². The van der Waals surface area contributed by atoms with Gasteiger partial charge in [-0.2, -0.15) is 0 Å². The van der Waals surface area contributed by atoms with Crippen LogP contribution in [0.1, 0.15) is 71.1 Å². The third-order valence-corrected chi connectivity index (χ3v) is 4.64. The van der Waals surface area contributed by atoms with Crippen LogP contribution in [-0.2, 0) is 33.2 Å². The summed E-state index contributed by atoms with van der Waals surface area (Å²) in [6, 6.07) is 0. The van der Waals surface area contributed by atoms with Gasteiger partial charge in [-0.15, -0.1) is 0 Å². The molecule has 29 heavy (non-hydrogen) atoms. The molecule has 1 aliphatic rings. The normalized spacial score (nSPS) is 16.8. The Morgan fingerprint density at radius 1 is 0.793 bits per heavy atom. The lowest BCUT2D eigenvalue weighted by atomic mass is 10.1. The smallest absolute Gasteiger partial charge is 0.305 e. The quantitative estimate of drug-likeness (QED) is 0.219. The van der Waals surface area contributed by atoms with Crippen molar-refractivity contribution in [3.8, 4) is 0 Å². The summed E-state index contributed by atoms with van der Waals surface area (Å²) in [5.41, 5.74) is 0. The third kappa shape index (κ3) is 17.8. The van der Waals surface area contributed by atoms with Gasteiger partial charge in [0.25, 0.3) is 0 Å². The molecule has 7 nitrogen and oxygen atoms in total. The molecule has 0 saturated carbocycles. The summed E-state index contributed by atoms with van der Waals surface area (Å²) >= 11 is 0. The summed E-state index contributed by atoms with van der Waals surface area (Å²) in [6.07, 6.45) is 10.7. The maximum Gasteiger partial charge on any atom is 0.305 e. The van der Waals surface area contributed by atoms with Crippen molar-refractivity contribution < 1.29 is 33.2 Å². The average molecular weight is 419 g/mol. The van der Waals surface area contributed by atoms with Crippen molar-refractivity contribution >= 4 is 5.97 Å². The van der Waals surface area contributed by atoms with Gasteiger partial charge in [-0.05, 0) is 25.7 Å². The zero-order valence-corrected chi connectivity index (χ0v) is 18.4. The first kappa shape index (κ1) is 26.3. The van der Waals surface area contributed by atoms with Crippen molar-refractivity contribution in [2.24, 2.45) is 0 Å². The molecule has 7 heteroatoms. The van der Waals surface area contributed by atoms with Crippen LogP contribution < -0.4 is 0 Å². The lowest BCUT2D eigenvalue weighted by Crippen LogP contribution is -2.24. The van der Waals surface area contributed by atoms with Crippen LogP contribution in [-0.4, -0.2) is 71.7 Å². The Morgan fingerprint density at radius 3 is 2.07 bits per heavy atom. The maximum atomic E-state index is 11.6. The standard InChI is InChI=1S/C22H42O7/c1-2-3-4-5-6-7-10-21(23)27-19-17-25-15-13-24-14-16-26-18-20-29-22-11-8-9-12-28-22/h22H,2-20H2,1H3. The van der Waals surface area contributed by atoms with Crippen molar-refractivity contribution in [1.82, 2.24) is 0 Å². The minimum atomic E-state index is -0.128. The Kier molecular flexibility index (Phi) is 18.6. The monoisotopic (exact) mass is 418 g/mol. The highest BCUT2D eigenvalue weighted by molar-refractivity contribution is 5.69. The average Bonchev–Trinajstić information content (AvgIpc) is 2.74. The van der Waals surface area contributed by atoms with Gasteiger partial charge in [0.15, 0.2) is 6.29 Å². The van der Waals surface area contributed by atoms with Crippen LogP contribution in [0.2, 0.25) is 0 Å². The number of ether oxygens (including phenoxy) is 6. The molecule has 1 atom stereocenters. The molecule has 0 aliphatic carbocycles. The maximum absolute atomic E-state index is 11.6. The molecule has 1 fully saturated rings. The second-order valence-corrected chi connectivity index (χ2v) is 7.24. The molecule has 0 spiro atoms. The number of esters is 1. The van der Waals surface area contributed by atoms with Gasteiger partial charge in [-0.3, -0.25) is 4.79 Å². The van der Waals surface area contributed by atoms with E-state index in [0.29, 0.717) is 59.3 Å². The number of carbonyl (C=O) groups excluding carboxylic acids is 1. The van der Waals surface area contributed by atoms with Crippen LogP contribution in [0, 0.1) is 0 Å². The molecule has 0 N–H and O–H groups in total. The molecule has 172 valence electrons. The summed E-state index contributed by atoms with van der Waals surface area (Å²) in [5, 5.41) is 0. The fraction of sp³-hybridized carbons (Fsp3) is 0.955. The highest BCUT2D eigenvalue weighted by Crippen LogP contribution is 2.13. The topological polar surface area (TPSA) is 72.5 Å². The van der Waals surface area contributed by atoms with Crippen molar-refractivity contribution in [3.63, 3.8) is 0 Å². The highest BCUT2D eigenvalue weighted by Gasteiger charge is 2.13. The van der Waals surface area contributed by atoms with Gasteiger partial charge in [0.1, 0.15) is 6.61 Å². The second kappa shape index (κ2) is 20.5. The van der Waals surface area contributed by atoms with E-state index in [9.17, 15) is 4.79 Å². The molecule has 0 radical (unpaired) electrons. The van der Waals surface area contributed by atoms with E-state index in [4.69, 9.17) is 28.4 Å². The number of hydrogen-bond acceptors (Lipinski definition) is 7. The number of carbonyl (C=O) groups is 1. The van der Waals surface area contributed by atoms with Crippen LogP contribution in [0.4, 0.5) is 0 Å². The first-order valence-electron chi connectivity index (χ1n) is 11.4. The number of hydrogen-bond donors (Lipinski definition) is 0. The minimum Gasteiger partial charge on any atom is -0.463 e. The molecular weight excluding hydrogens is 376 g/mol. The summed E-state index contributed by atoms with van der Waals surface area (Å²) in [5.74, 6) is -0.128. The summed E-state index contributed by atoms with van der Waals surface area (Å²) in [6.45, 7) is 6.84. The Labute approximate surface area is 176 Å². The summed E-state index contributed by atoms with van der Waals surface area (Å²) in [7, 11) is 0. The molecule has 0 aromatic heterocycles. The van der Waals surface area contributed by atoms with Gasteiger partial charge in [0.2, 0.25) is 0 Å². The fourth-order valence-corrected chi connectivity index (χ4v) is 2.96. The Balaban J connectivity index is 1.70. The van der Waals surface area contributed by atoms with E-state index in [1.807, 2.05) is 0 Å². The Bertz CT molecular complexity index is 359. The van der Waals surface area contributed by atoms with Crippen LogP contribution in [0.15, 0.2) is 0 Å². The second-order valence-electron chi connectivity index (χ2n) is 7.24. The summed E-state index contributed by atoms with van der Waals surface area (Å²) < 4.78 is 32.5. The molecule has 0 bridgehead atoms. The largest absolute Gasteiger partial charge is 0.463 e. The summed E-state index contributed by atoms with van der Waals surface area (Å²) in [4.78, 5) is 11.6. The predicted molar refractivity (Wildman–Crippen MR) is 111 cm³/mol. The first-order chi connectivity index (χ1) is 14.3. The van der Waals surface area contributed by atoms with E-state index >= 15 is 0 Å². The van der Waals surface area contributed by atoms with E-state index in [2.05, 4.69) is 6.92 Å². The van der Waals surface area contributed by atoms with Crippen molar-refractivity contribution in [2.75, 3.05) is 59.5 Å². The van der Waals surface area contributed by atoms with Crippen LogP contribution in [0.3, 0.4) is 0 Å². The van der Waals surface area contributed by atoms with Crippen LogP contribution in [0.5, 0.6) is 0 Å². The first-order valence-corrected chi connectivity index (χ1v) is 11.4. The lowest BCUT2D eigenvalue weighted by molar-refractivity contribution is -0.169. The molecule has 0 aromatic carbocycles. The zero-order chi connectivity index (χ0) is 20.8. The molecule has 1 rings (SSSR count). The Morgan fingerprint density at radius 2 is 1.41 bits per heavy atom. The van der Waals surface area contributed by atoms with E-state index in [0.717, 1.165) is 32.3 Å². The van der Waals surface area contributed by atoms with Crippen molar-refractivity contribution in [3.05, 3.63) is 0 Å². The SMILES string of the molecule is CCCCCCCCC(=O)OCCOCCOCCOCCOC1CCCCO1. The van der Waals surface area contributed by atoms with E-state index in [1.165, 1.54) is 32.1 Å². The molecule has 1 heterocycles. The lowest BCUT2D eigenvalue weighted by Gasteiger charge is -2.22. The van der Waals surface area contributed by atoms with Crippen molar-refractivity contribution in [2.45, 2.75) is 77.4 Å². The Hall–Kier alpha value is -0.730. The van der Waals surface area contributed by atoms with Gasteiger partial charge in [-0.1, -0.05) is 39.0 Å². The van der Waals surface area contributed by atoms with Crippen LogP contribution >= 0.6 is 0 Å². The number of rotatable bonds is 20. The van der Waals surface area contributed by atoms with Crippen molar-refractivity contribution in [1.29, 1.82) is 0 Å². The van der Waals surface area contributed by atoms with E-state index in [-0.39, 0.29) is 12.3 Å². The fourth-order valence-electron chi connectivity index (χ4n) is 2.96.